The summed E-state index contributed by atoms with van der Waals surface area (Å²) in [5, 5.41) is 71.4. The van der Waals surface area contributed by atoms with Crippen molar-refractivity contribution in [1.29, 1.82) is 0 Å². The van der Waals surface area contributed by atoms with Crippen molar-refractivity contribution in [2.75, 3.05) is 39.6 Å². The van der Waals surface area contributed by atoms with Gasteiger partial charge in [-0.15, -0.1) is 0 Å². The van der Waals surface area contributed by atoms with Crippen LogP contribution in [0, 0.1) is 0 Å². The summed E-state index contributed by atoms with van der Waals surface area (Å²) < 4.78 is 56.4. The van der Waals surface area contributed by atoms with E-state index in [1.807, 2.05) is 0 Å². The van der Waals surface area contributed by atoms with Crippen LogP contribution in [-0.4, -0.2) is 160 Å². The molecule has 0 aromatic carbocycles. The Labute approximate surface area is 437 Å². The molecule has 8 N–H and O–H groups in total. The normalized spacial score (nSPS) is 25.6. The second-order valence-corrected chi connectivity index (χ2v) is 21.6. The van der Waals surface area contributed by atoms with Crippen molar-refractivity contribution in [3.05, 3.63) is 0 Å². The van der Waals surface area contributed by atoms with Crippen LogP contribution in [0.2, 0.25) is 0 Å². The quantitative estimate of drug-likeness (QED) is 0.0164. The summed E-state index contributed by atoms with van der Waals surface area (Å²) in [5.74, 6) is -0.932. The van der Waals surface area contributed by atoms with E-state index in [-0.39, 0.29) is 32.7 Å². The molecule has 2 aliphatic rings. The lowest BCUT2D eigenvalue weighted by atomic mass is 9.97. The molecule has 0 bridgehead atoms. The molecule has 2 saturated heterocycles. The summed E-state index contributed by atoms with van der Waals surface area (Å²) in [6.07, 6.45) is 16.4. The molecule has 12 atom stereocenters. The molecule has 2 rings (SSSR count). The van der Waals surface area contributed by atoms with E-state index in [1.54, 1.807) is 0 Å². The number of aliphatic hydroxyl groups excluding tert-OH is 7. The van der Waals surface area contributed by atoms with Crippen LogP contribution in [0.4, 0.5) is 0 Å². The molecule has 0 saturated carbocycles. The zero-order chi connectivity index (χ0) is 53.5. The number of rotatable bonds is 47. The lowest BCUT2D eigenvalue weighted by Crippen LogP contribution is -2.64. The van der Waals surface area contributed by atoms with Crippen LogP contribution in [0.3, 0.4) is 0 Å². The number of carbonyl (C=O) groups is 2. The summed E-state index contributed by atoms with van der Waals surface area (Å²) in [7, 11) is -4.58. The monoisotopic (exact) mass is 1070 g/mol. The highest BCUT2D eigenvalue weighted by Gasteiger charge is 2.50. The highest BCUT2D eigenvalue weighted by atomic mass is 31.2. The van der Waals surface area contributed by atoms with Crippen molar-refractivity contribution in [1.82, 2.24) is 0 Å². The first-order valence-corrected chi connectivity index (χ1v) is 29.9. The van der Waals surface area contributed by atoms with Crippen LogP contribution in [-0.2, 0) is 51.6 Å². The molecule has 19 nitrogen and oxygen atoms in total. The highest BCUT2D eigenvalue weighted by molar-refractivity contribution is 7.47. The minimum Gasteiger partial charge on any atom is -0.462 e. The van der Waals surface area contributed by atoms with Gasteiger partial charge in [-0.05, 0) is 25.7 Å². The Hall–Kier alpha value is -1.39. The SMILES string of the molecule is CCCCCCCCCCCCCCCC(=O)OC[C@H](COP(=O)(O)OCCCCCCO[C@@H]1O[C@H](CO)[C@@H](O[C@@H]2O[C@H](CO)[C@H](O)[C@H](O)[C@H]2O)[C@H](O)[C@H]1O)OC(=O)CCCCCCCCCCCCCCC. The summed E-state index contributed by atoms with van der Waals surface area (Å²) in [6.45, 7) is 2.17. The van der Waals surface area contributed by atoms with Crippen LogP contribution in [0.1, 0.15) is 219 Å². The number of hydrogen-bond donors (Lipinski definition) is 8. The van der Waals surface area contributed by atoms with Gasteiger partial charge in [-0.1, -0.05) is 181 Å². The Morgan fingerprint density at radius 2 is 0.904 bits per heavy atom. The Bertz CT molecular complexity index is 1390. The molecule has 0 aliphatic carbocycles. The van der Waals surface area contributed by atoms with Gasteiger partial charge in [0.2, 0.25) is 0 Å². The maximum atomic E-state index is 12.9. The van der Waals surface area contributed by atoms with E-state index in [4.69, 9.17) is 37.5 Å². The first-order valence-electron chi connectivity index (χ1n) is 28.4. The Kier molecular flexibility index (Phi) is 39.5. The maximum absolute atomic E-state index is 12.9. The van der Waals surface area contributed by atoms with Gasteiger partial charge in [0.15, 0.2) is 18.7 Å². The second kappa shape index (κ2) is 42.6. The molecule has 2 heterocycles. The van der Waals surface area contributed by atoms with E-state index in [2.05, 4.69) is 13.8 Å². The molecule has 1 unspecified atom stereocenters. The Morgan fingerprint density at radius 3 is 1.40 bits per heavy atom. The lowest BCUT2D eigenvalue weighted by Gasteiger charge is -2.45. The molecule has 2 fully saturated rings. The average molecular weight is 1070 g/mol. The average Bonchev–Trinajstić information content (AvgIpc) is 3.37. The van der Waals surface area contributed by atoms with Gasteiger partial charge in [-0.3, -0.25) is 18.6 Å². The standard InChI is InChI=1S/C53H101O19P/c1-3-5-7-9-11-13-15-17-19-21-23-25-29-33-44(56)66-39-41(69-45(57)34-30-26-24-22-20-18-16-14-12-10-8-6-4-2)40-68-73(63,64)67-36-32-28-27-31-35-65-52-50(62)48(60)51(43(38-55)71-52)72-53-49(61)47(59)46(58)42(37-54)70-53/h41-43,46-55,58-62H,3-40H2,1-2H3,(H,63,64)/t41-,42-,43-,46+,47+,48-,49-,50-,51-,52-,53+/m1/s1. The van der Waals surface area contributed by atoms with E-state index >= 15 is 0 Å². The predicted molar refractivity (Wildman–Crippen MR) is 274 cm³/mol. The zero-order valence-electron chi connectivity index (χ0n) is 44.7. The lowest BCUT2D eigenvalue weighted by molar-refractivity contribution is -0.359. The fourth-order valence-electron chi connectivity index (χ4n) is 9.04. The van der Waals surface area contributed by atoms with Gasteiger partial charge in [0, 0.05) is 19.4 Å². The number of phosphoric ester groups is 1. The zero-order valence-corrected chi connectivity index (χ0v) is 45.6. The van der Waals surface area contributed by atoms with Crippen LogP contribution in [0.15, 0.2) is 0 Å². The topological polar surface area (TPSA) is 287 Å². The van der Waals surface area contributed by atoms with Crippen molar-refractivity contribution >= 4 is 19.8 Å². The number of carbonyl (C=O) groups excluding carboxylic acids is 2. The molecule has 0 aromatic rings. The van der Waals surface area contributed by atoms with Crippen molar-refractivity contribution in [2.24, 2.45) is 0 Å². The van der Waals surface area contributed by atoms with E-state index in [0.29, 0.717) is 38.5 Å². The molecule has 0 radical (unpaired) electrons. The second-order valence-electron chi connectivity index (χ2n) is 20.2. The molecule has 20 heteroatoms. The third-order valence-electron chi connectivity index (χ3n) is 13.7. The van der Waals surface area contributed by atoms with Crippen LogP contribution < -0.4 is 0 Å². The number of phosphoric acid groups is 1. The first-order chi connectivity index (χ1) is 35.3. The maximum Gasteiger partial charge on any atom is 0.472 e. The van der Waals surface area contributed by atoms with E-state index in [1.165, 1.54) is 116 Å². The molecule has 432 valence electrons. The van der Waals surface area contributed by atoms with Gasteiger partial charge in [0.25, 0.3) is 0 Å². The number of aliphatic hydroxyl groups is 7. The van der Waals surface area contributed by atoms with Crippen LogP contribution in [0.25, 0.3) is 0 Å². The molecule has 0 amide bonds. The molecule has 0 spiro atoms. The Morgan fingerprint density at radius 1 is 0.479 bits per heavy atom. The fourth-order valence-corrected chi connectivity index (χ4v) is 9.83. The minimum atomic E-state index is -4.58. The van der Waals surface area contributed by atoms with Crippen molar-refractivity contribution in [3.63, 3.8) is 0 Å². The molecule has 73 heavy (non-hydrogen) atoms. The minimum absolute atomic E-state index is 0.0662. The van der Waals surface area contributed by atoms with Crippen LogP contribution in [0.5, 0.6) is 0 Å². The molecular formula is C53H101O19P. The predicted octanol–water partition coefficient (Wildman–Crippen LogP) is 7.74. The third kappa shape index (κ3) is 31.0. The Balaban J connectivity index is 1.71. The number of ether oxygens (including phenoxy) is 6. The van der Waals surface area contributed by atoms with Gasteiger partial charge < -0.3 is 69.1 Å². The number of esters is 2. The van der Waals surface area contributed by atoms with E-state index in [0.717, 1.165) is 38.5 Å². The van der Waals surface area contributed by atoms with Gasteiger partial charge in [0.1, 0.15) is 55.4 Å². The van der Waals surface area contributed by atoms with Crippen molar-refractivity contribution in [2.45, 2.75) is 287 Å². The summed E-state index contributed by atoms with van der Waals surface area (Å²) in [5.41, 5.74) is 0. The third-order valence-corrected chi connectivity index (χ3v) is 14.6. The van der Waals surface area contributed by atoms with Crippen molar-refractivity contribution in [3.8, 4) is 0 Å². The molecular weight excluding hydrogens is 972 g/mol. The van der Waals surface area contributed by atoms with Gasteiger partial charge in [-0.25, -0.2) is 4.57 Å². The smallest absolute Gasteiger partial charge is 0.462 e. The van der Waals surface area contributed by atoms with Gasteiger partial charge in [-0.2, -0.15) is 0 Å². The van der Waals surface area contributed by atoms with Crippen molar-refractivity contribution < 1.29 is 92.3 Å². The largest absolute Gasteiger partial charge is 0.472 e. The first kappa shape index (κ1) is 67.7. The van der Waals surface area contributed by atoms with E-state index in [9.17, 15) is 54.8 Å². The number of unbranched alkanes of at least 4 members (excludes halogenated alkanes) is 27. The highest BCUT2D eigenvalue weighted by Crippen LogP contribution is 2.43. The number of hydrogen-bond acceptors (Lipinski definition) is 18. The van der Waals surface area contributed by atoms with E-state index < -0.39 is 107 Å². The summed E-state index contributed by atoms with van der Waals surface area (Å²) >= 11 is 0. The fraction of sp³-hybridized carbons (Fsp3) is 0.962. The molecule has 2 aliphatic heterocycles. The summed E-state index contributed by atoms with van der Waals surface area (Å²) in [4.78, 5) is 36.0. The summed E-state index contributed by atoms with van der Waals surface area (Å²) in [6, 6.07) is 0. The van der Waals surface area contributed by atoms with Gasteiger partial charge >= 0.3 is 19.8 Å². The molecule has 0 aromatic heterocycles. The van der Waals surface area contributed by atoms with Gasteiger partial charge in [0.05, 0.1) is 26.4 Å². The van der Waals surface area contributed by atoms with Crippen LogP contribution >= 0.6 is 7.82 Å².